The average Bonchev–Trinajstić information content (AvgIpc) is 2.74. The van der Waals surface area contributed by atoms with Gasteiger partial charge in [0.15, 0.2) is 0 Å². The second kappa shape index (κ2) is 5.04. The van der Waals surface area contributed by atoms with E-state index in [1.165, 1.54) is 0 Å². The third kappa shape index (κ3) is 3.19. The molecule has 1 unspecified atom stereocenters. The van der Waals surface area contributed by atoms with Crippen LogP contribution in [-0.4, -0.2) is 37.5 Å². The third-order valence-corrected chi connectivity index (χ3v) is 3.69. The van der Waals surface area contributed by atoms with Gasteiger partial charge in [-0.1, -0.05) is 6.92 Å². The predicted molar refractivity (Wildman–Crippen MR) is 64.4 cm³/mol. The molecule has 0 aliphatic carbocycles. The summed E-state index contributed by atoms with van der Waals surface area (Å²) in [6.07, 6.45) is 3.39. The summed E-state index contributed by atoms with van der Waals surface area (Å²) in [4.78, 5) is 22.9. The molecule has 96 valence electrons. The van der Waals surface area contributed by atoms with Crippen molar-refractivity contribution in [2.24, 2.45) is 5.41 Å². The van der Waals surface area contributed by atoms with Crippen LogP contribution in [0.15, 0.2) is 0 Å². The van der Waals surface area contributed by atoms with Gasteiger partial charge in [0, 0.05) is 19.5 Å². The topological polar surface area (TPSA) is 70.2 Å². The van der Waals surface area contributed by atoms with E-state index in [9.17, 15) is 9.59 Å². The van der Waals surface area contributed by atoms with Gasteiger partial charge in [0.05, 0.1) is 0 Å². The fourth-order valence-electron chi connectivity index (χ4n) is 2.50. The number of rotatable bonds is 3. The molecule has 5 heteroatoms. The van der Waals surface area contributed by atoms with Gasteiger partial charge < -0.3 is 16.0 Å². The highest BCUT2D eigenvalue weighted by molar-refractivity contribution is 5.90. The largest absolute Gasteiger partial charge is 0.354 e. The van der Waals surface area contributed by atoms with Crippen molar-refractivity contribution in [3.05, 3.63) is 0 Å². The van der Waals surface area contributed by atoms with Gasteiger partial charge in [-0.15, -0.1) is 0 Å². The third-order valence-electron chi connectivity index (χ3n) is 3.69. The molecule has 0 aromatic heterocycles. The maximum atomic E-state index is 11.8. The molecule has 0 spiro atoms. The van der Waals surface area contributed by atoms with Crippen molar-refractivity contribution in [1.29, 1.82) is 0 Å². The predicted octanol–water partition coefficient (Wildman–Crippen LogP) is -0.229. The van der Waals surface area contributed by atoms with Crippen LogP contribution < -0.4 is 16.0 Å². The molecule has 0 radical (unpaired) electrons. The lowest BCUT2D eigenvalue weighted by atomic mass is 9.83. The van der Waals surface area contributed by atoms with Crippen molar-refractivity contribution >= 4 is 11.8 Å². The highest BCUT2D eigenvalue weighted by atomic mass is 16.2. The molecule has 2 amide bonds. The lowest BCUT2D eigenvalue weighted by molar-refractivity contribution is -0.126. The zero-order valence-corrected chi connectivity index (χ0v) is 10.3. The van der Waals surface area contributed by atoms with E-state index >= 15 is 0 Å². The summed E-state index contributed by atoms with van der Waals surface area (Å²) in [5, 5.41) is 9.00. The first-order chi connectivity index (χ1) is 8.09. The lowest BCUT2D eigenvalue weighted by Crippen LogP contribution is -2.49. The van der Waals surface area contributed by atoms with Gasteiger partial charge in [-0.3, -0.25) is 9.59 Å². The minimum atomic E-state index is -0.317. The molecule has 2 rings (SSSR count). The van der Waals surface area contributed by atoms with Crippen LogP contribution in [0, 0.1) is 5.41 Å². The fourth-order valence-corrected chi connectivity index (χ4v) is 2.50. The summed E-state index contributed by atoms with van der Waals surface area (Å²) < 4.78 is 0. The molecular formula is C12H21N3O2. The lowest BCUT2D eigenvalue weighted by Gasteiger charge is -2.34. The minimum absolute atomic E-state index is 0.0179. The van der Waals surface area contributed by atoms with Crippen molar-refractivity contribution in [3.8, 4) is 0 Å². The molecule has 0 saturated carbocycles. The molecule has 2 atom stereocenters. The Kier molecular flexibility index (Phi) is 3.66. The van der Waals surface area contributed by atoms with Crippen LogP contribution in [0.5, 0.6) is 0 Å². The number of hydrogen-bond acceptors (Lipinski definition) is 3. The van der Waals surface area contributed by atoms with E-state index < -0.39 is 0 Å². The Morgan fingerprint density at radius 3 is 3.00 bits per heavy atom. The molecule has 5 nitrogen and oxygen atoms in total. The molecule has 0 bridgehead atoms. The van der Waals surface area contributed by atoms with Crippen LogP contribution in [0.3, 0.4) is 0 Å². The van der Waals surface area contributed by atoms with Gasteiger partial charge in [-0.2, -0.15) is 0 Å². The SMILES string of the molecule is CC1(CNC(=O)[C@@H]2CCC(=O)N2)CCCNC1. The first kappa shape index (κ1) is 12.4. The summed E-state index contributed by atoms with van der Waals surface area (Å²) >= 11 is 0. The van der Waals surface area contributed by atoms with Gasteiger partial charge in [-0.05, 0) is 31.2 Å². The summed E-state index contributed by atoms with van der Waals surface area (Å²) in [6, 6.07) is -0.317. The number of amides is 2. The standard InChI is InChI=1S/C12H21N3O2/c1-12(5-2-6-13-7-12)8-14-11(17)9-3-4-10(16)15-9/h9,13H,2-8H2,1H3,(H,14,17)(H,15,16)/t9-,12?/m0/s1. The summed E-state index contributed by atoms with van der Waals surface area (Å²) in [7, 11) is 0. The quantitative estimate of drug-likeness (QED) is 0.637. The smallest absolute Gasteiger partial charge is 0.242 e. The number of piperidine rings is 1. The Labute approximate surface area is 102 Å². The molecule has 17 heavy (non-hydrogen) atoms. The van der Waals surface area contributed by atoms with E-state index in [1.54, 1.807) is 0 Å². The summed E-state index contributed by atoms with van der Waals surface area (Å²) in [5.41, 5.74) is 0.149. The average molecular weight is 239 g/mol. The Balaban J connectivity index is 1.77. The number of nitrogens with one attached hydrogen (secondary N) is 3. The Morgan fingerprint density at radius 1 is 1.59 bits per heavy atom. The van der Waals surface area contributed by atoms with E-state index in [2.05, 4.69) is 22.9 Å². The Morgan fingerprint density at radius 2 is 2.41 bits per heavy atom. The highest BCUT2D eigenvalue weighted by Crippen LogP contribution is 2.24. The Hall–Kier alpha value is -1.10. The molecule has 2 aliphatic rings. The molecule has 3 N–H and O–H groups in total. The minimum Gasteiger partial charge on any atom is -0.354 e. The first-order valence-electron chi connectivity index (χ1n) is 6.37. The summed E-state index contributed by atoms with van der Waals surface area (Å²) in [6.45, 7) is 4.89. The van der Waals surface area contributed by atoms with Crippen molar-refractivity contribution in [3.63, 3.8) is 0 Å². The highest BCUT2D eigenvalue weighted by Gasteiger charge is 2.30. The van der Waals surface area contributed by atoms with Gasteiger partial charge >= 0.3 is 0 Å². The number of carbonyl (C=O) groups excluding carboxylic acids is 2. The number of hydrogen-bond donors (Lipinski definition) is 3. The van der Waals surface area contributed by atoms with Crippen molar-refractivity contribution in [2.45, 2.75) is 38.6 Å². The van der Waals surface area contributed by atoms with E-state index in [0.29, 0.717) is 19.4 Å². The van der Waals surface area contributed by atoms with Crippen LogP contribution in [0.2, 0.25) is 0 Å². The van der Waals surface area contributed by atoms with Crippen molar-refractivity contribution in [2.75, 3.05) is 19.6 Å². The second-order valence-electron chi connectivity index (χ2n) is 5.47. The van der Waals surface area contributed by atoms with Crippen LogP contribution in [0.25, 0.3) is 0 Å². The molecule has 2 aliphatic heterocycles. The van der Waals surface area contributed by atoms with E-state index in [-0.39, 0.29) is 23.3 Å². The molecule has 2 fully saturated rings. The van der Waals surface area contributed by atoms with Gasteiger partial charge in [-0.25, -0.2) is 0 Å². The van der Waals surface area contributed by atoms with E-state index in [1.807, 2.05) is 0 Å². The van der Waals surface area contributed by atoms with Crippen molar-refractivity contribution in [1.82, 2.24) is 16.0 Å². The Bertz CT molecular complexity index is 311. The maximum absolute atomic E-state index is 11.8. The molecule has 0 aromatic rings. The fraction of sp³-hybridized carbons (Fsp3) is 0.833. The molecule has 2 saturated heterocycles. The molecular weight excluding hydrogens is 218 g/mol. The maximum Gasteiger partial charge on any atom is 0.242 e. The van der Waals surface area contributed by atoms with Crippen molar-refractivity contribution < 1.29 is 9.59 Å². The second-order valence-corrected chi connectivity index (χ2v) is 5.47. The number of carbonyl (C=O) groups is 2. The zero-order chi connectivity index (χ0) is 12.3. The van der Waals surface area contributed by atoms with Gasteiger partial charge in [0.2, 0.25) is 11.8 Å². The van der Waals surface area contributed by atoms with Crippen LogP contribution in [0.4, 0.5) is 0 Å². The van der Waals surface area contributed by atoms with Crippen LogP contribution in [-0.2, 0) is 9.59 Å². The first-order valence-corrected chi connectivity index (χ1v) is 6.37. The van der Waals surface area contributed by atoms with Gasteiger partial charge in [0.25, 0.3) is 0 Å². The van der Waals surface area contributed by atoms with Crippen LogP contribution in [0.1, 0.15) is 32.6 Å². The normalized spacial score (nSPS) is 33.2. The monoisotopic (exact) mass is 239 g/mol. The van der Waals surface area contributed by atoms with E-state index in [0.717, 1.165) is 25.9 Å². The molecule has 2 heterocycles. The van der Waals surface area contributed by atoms with E-state index in [4.69, 9.17) is 0 Å². The van der Waals surface area contributed by atoms with Crippen LogP contribution >= 0.6 is 0 Å². The molecule has 0 aromatic carbocycles. The summed E-state index contributed by atoms with van der Waals surface area (Å²) in [5.74, 6) is -0.0571. The zero-order valence-electron chi connectivity index (χ0n) is 10.3. The van der Waals surface area contributed by atoms with Gasteiger partial charge in [0.1, 0.15) is 6.04 Å².